The molecule has 2 amide bonds. The first kappa shape index (κ1) is 23.6. The second-order valence-electron chi connectivity index (χ2n) is 7.87. The number of amides is 2. The Morgan fingerprint density at radius 1 is 1.00 bits per heavy atom. The van der Waals surface area contributed by atoms with Crippen LogP contribution in [-0.2, 0) is 16.1 Å². The quantitative estimate of drug-likeness (QED) is 0.485. The first-order valence-electron chi connectivity index (χ1n) is 10.8. The van der Waals surface area contributed by atoms with Gasteiger partial charge in [-0.15, -0.1) is 0 Å². The molecule has 0 heterocycles. The van der Waals surface area contributed by atoms with Gasteiger partial charge in [0.1, 0.15) is 11.8 Å². The minimum Gasteiger partial charge on any atom is -0.483 e. The third-order valence-corrected chi connectivity index (χ3v) is 5.94. The van der Waals surface area contributed by atoms with Crippen molar-refractivity contribution in [3.8, 4) is 5.75 Å². The Kier molecular flexibility index (Phi) is 8.12. The van der Waals surface area contributed by atoms with Gasteiger partial charge in [0.2, 0.25) is 5.91 Å². The van der Waals surface area contributed by atoms with E-state index in [0.29, 0.717) is 10.8 Å². The van der Waals surface area contributed by atoms with Gasteiger partial charge < -0.3 is 15.0 Å². The third-order valence-electron chi connectivity index (χ3n) is 5.57. The van der Waals surface area contributed by atoms with Gasteiger partial charge in [-0.05, 0) is 43.4 Å². The van der Waals surface area contributed by atoms with E-state index in [1.165, 1.54) is 4.90 Å². The van der Waals surface area contributed by atoms with Gasteiger partial charge in [-0.25, -0.2) is 0 Å². The number of fused-ring (bicyclic) bond motifs is 1. The van der Waals surface area contributed by atoms with E-state index in [1.54, 1.807) is 13.0 Å². The van der Waals surface area contributed by atoms with Gasteiger partial charge in [0, 0.05) is 23.0 Å². The van der Waals surface area contributed by atoms with Crippen molar-refractivity contribution in [2.45, 2.75) is 45.8 Å². The van der Waals surface area contributed by atoms with Crippen molar-refractivity contribution >= 4 is 34.2 Å². The molecular weight excluding hydrogens is 424 g/mol. The molecule has 5 nitrogen and oxygen atoms in total. The molecule has 0 unspecified atom stereocenters. The molecule has 0 aliphatic rings. The summed E-state index contributed by atoms with van der Waals surface area (Å²) in [6, 6.07) is 20.2. The fraction of sp³-hybridized carbons (Fsp3) is 0.308. The van der Waals surface area contributed by atoms with E-state index >= 15 is 0 Å². The van der Waals surface area contributed by atoms with Gasteiger partial charge >= 0.3 is 0 Å². The number of halogens is 1. The first-order chi connectivity index (χ1) is 15.4. The molecule has 3 rings (SSSR count). The van der Waals surface area contributed by atoms with Gasteiger partial charge in [0.15, 0.2) is 6.61 Å². The number of hydrogen-bond acceptors (Lipinski definition) is 3. The normalized spacial score (nSPS) is 12.8. The van der Waals surface area contributed by atoms with Gasteiger partial charge in [0.05, 0.1) is 0 Å². The topological polar surface area (TPSA) is 58.6 Å². The van der Waals surface area contributed by atoms with E-state index in [9.17, 15) is 9.59 Å². The summed E-state index contributed by atoms with van der Waals surface area (Å²) >= 11 is 6.33. The number of carbonyl (C=O) groups is 2. The summed E-state index contributed by atoms with van der Waals surface area (Å²) in [6.45, 7) is 5.70. The Hall–Kier alpha value is -3.05. The van der Waals surface area contributed by atoms with Gasteiger partial charge in [-0.2, -0.15) is 0 Å². The Bertz CT molecular complexity index is 1080. The fourth-order valence-electron chi connectivity index (χ4n) is 3.40. The maximum Gasteiger partial charge on any atom is 0.261 e. The predicted molar refractivity (Wildman–Crippen MR) is 129 cm³/mol. The van der Waals surface area contributed by atoms with Crippen LogP contribution in [0.3, 0.4) is 0 Å². The Labute approximate surface area is 194 Å². The molecule has 0 aromatic heterocycles. The summed E-state index contributed by atoms with van der Waals surface area (Å²) in [7, 11) is 0. The minimum atomic E-state index is -0.677. The molecule has 0 saturated carbocycles. The molecule has 0 aliphatic heterocycles. The van der Waals surface area contributed by atoms with E-state index in [4.69, 9.17) is 16.3 Å². The lowest BCUT2D eigenvalue weighted by Gasteiger charge is -2.30. The maximum absolute atomic E-state index is 13.2. The molecule has 3 aromatic rings. The van der Waals surface area contributed by atoms with Crippen LogP contribution in [0.2, 0.25) is 5.02 Å². The molecule has 32 heavy (non-hydrogen) atoms. The Morgan fingerprint density at radius 3 is 2.44 bits per heavy atom. The van der Waals surface area contributed by atoms with Crippen LogP contribution in [0.1, 0.15) is 32.8 Å². The van der Waals surface area contributed by atoms with E-state index < -0.39 is 6.04 Å². The second kappa shape index (κ2) is 11.0. The lowest BCUT2D eigenvalue weighted by molar-refractivity contribution is -0.142. The van der Waals surface area contributed by atoms with E-state index in [0.717, 1.165) is 22.8 Å². The van der Waals surface area contributed by atoms with Crippen molar-refractivity contribution in [2.24, 2.45) is 0 Å². The van der Waals surface area contributed by atoms with Crippen LogP contribution in [0.4, 0.5) is 0 Å². The lowest BCUT2D eigenvalue weighted by atomic mass is 10.1. The van der Waals surface area contributed by atoms with Gasteiger partial charge in [-0.1, -0.05) is 73.1 Å². The number of nitrogens with zero attached hydrogens (tertiary/aromatic N) is 1. The van der Waals surface area contributed by atoms with Crippen molar-refractivity contribution in [1.82, 2.24) is 10.2 Å². The highest BCUT2D eigenvalue weighted by molar-refractivity contribution is 6.31. The van der Waals surface area contributed by atoms with E-state index in [1.807, 2.05) is 74.5 Å². The molecule has 6 heteroatoms. The molecule has 1 N–H and O–H groups in total. The molecule has 0 bridgehead atoms. The van der Waals surface area contributed by atoms with E-state index in [2.05, 4.69) is 5.32 Å². The average Bonchev–Trinajstić information content (AvgIpc) is 2.81. The number of carbonyl (C=O) groups excluding carboxylic acids is 2. The molecule has 3 aromatic carbocycles. The molecule has 0 spiro atoms. The zero-order chi connectivity index (χ0) is 23.1. The SMILES string of the molecule is CC[C@H](C)NC(=O)[C@H](C)N(Cc1ccccc1Cl)C(=O)COc1cccc2ccccc12. The maximum atomic E-state index is 13.2. The van der Waals surface area contributed by atoms with Crippen LogP contribution in [0.25, 0.3) is 10.8 Å². The van der Waals surface area contributed by atoms with Crippen LogP contribution in [0.15, 0.2) is 66.7 Å². The molecule has 0 saturated heterocycles. The molecular formula is C26H29ClN2O3. The zero-order valence-electron chi connectivity index (χ0n) is 18.7. The highest BCUT2D eigenvalue weighted by Gasteiger charge is 2.27. The van der Waals surface area contributed by atoms with Crippen LogP contribution >= 0.6 is 11.6 Å². The number of ether oxygens (including phenoxy) is 1. The van der Waals surface area contributed by atoms with Crippen molar-refractivity contribution in [3.63, 3.8) is 0 Å². The third kappa shape index (κ3) is 5.80. The molecule has 2 atom stereocenters. The molecule has 0 radical (unpaired) electrons. The van der Waals surface area contributed by atoms with Gasteiger partial charge in [0.25, 0.3) is 5.91 Å². The van der Waals surface area contributed by atoms with Crippen LogP contribution in [-0.4, -0.2) is 35.4 Å². The summed E-state index contributed by atoms with van der Waals surface area (Å²) in [5, 5.41) is 5.47. The predicted octanol–water partition coefficient (Wildman–Crippen LogP) is 5.20. The fourth-order valence-corrected chi connectivity index (χ4v) is 3.60. The summed E-state index contributed by atoms with van der Waals surface area (Å²) in [4.78, 5) is 27.6. The summed E-state index contributed by atoms with van der Waals surface area (Å²) in [6.07, 6.45) is 0.807. The highest BCUT2D eigenvalue weighted by atomic mass is 35.5. The molecule has 0 aliphatic carbocycles. The summed E-state index contributed by atoms with van der Waals surface area (Å²) < 4.78 is 5.91. The zero-order valence-corrected chi connectivity index (χ0v) is 19.4. The number of benzene rings is 3. The summed E-state index contributed by atoms with van der Waals surface area (Å²) in [5.41, 5.74) is 0.774. The van der Waals surface area contributed by atoms with Crippen molar-refractivity contribution < 1.29 is 14.3 Å². The first-order valence-corrected chi connectivity index (χ1v) is 11.2. The average molecular weight is 453 g/mol. The van der Waals surface area contributed by atoms with Crippen LogP contribution in [0.5, 0.6) is 5.75 Å². The highest BCUT2D eigenvalue weighted by Crippen LogP contribution is 2.25. The number of hydrogen-bond donors (Lipinski definition) is 1. The Balaban J connectivity index is 1.80. The second-order valence-corrected chi connectivity index (χ2v) is 8.28. The van der Waals surface area contributed by atoms with Crippen molar-refractivity contribution in [3.05, 3.63) is 77.3 Å². The largest absolute Gasteiger partial charge is 0.483 e. The molecule has 0 fully saturated rings. The van der Waals surface area contributed by atoms with Crippen molar-refractivity contribution in [1.29, 1.82) is 0 Å². The Morgan fingerprint density at radius 2 is 1.69 bits per heavy atom. The lowest BCUT2D eigenvalue weighted by Crippen LogP contribution is -2.50. The monoisotopic (exact) mass is 452 g/mol. The number of nitrogens with one attached hydrogen (secondary N) is 1. The van der Waals surface area contributed by atoms with Crippen LogP contribution < -0.4 is 10.1 Å². The van der Waals surface area contributed by atoms with E-state index in [-0.39, 0.29) is 31.0 Å². The van der Waals surface area contributed by atoms with Crippen LogP contribution in [0, 0.1) is 0 Å². The molecule has 168 valence electrons. The standard InChI is InChI=1S/C26H29ClN2O3/c1-4-18(2)28-26(31)19(3)29(16-21-11-6-8-14-23(21)27)25(30)17-32-24-15-9-12-20-10-5-7-13-22(20)24/h5-15,18-19H,4,16-17H2,1-3H3,(H,28,31)/t18-,19-/m0/s1. The minimum absolute atomic E-state index is 0.0224. The van der Waals surface area contributed by atoms with Crippen molar-refractivity contribution in [2.75, 3.05) is 6.61 Å². The summed E-state index contributed by atoms with van der Waals surface area (Å²) in [5.74, 6) is 0.139. The van der Waals surface area contributed by atoms with Gasteiger partial charge in [-0.3, -0.25) is 9.59 Å². The smallest absolute Gasteiger partial charge is 0.261 e. The number of rotatable bonds is 9.